The lowest BCUT2D eigenvalue weighted by molar-refractivity contribution is 0.203. The molecule has 5 nitrogen and oxygen atoms in total. The molecule has 1 aliphatic rings. The molecule has 1 heterocycles. The van der Waals surface area contributed by atoms with Crippen molar-refractivity contribution >= 4 is 10.1 Å². The SMILES string of the molecule is CCN1C=CN(C)C1C.Cc1ccc(S(=O)(=O)O)cc1. The summed E-state index contributed by atoms with van der Waals surface area (Å²) in [5.41, 5.74) is 0.956. The van der Waals surface area contributed by atoms with E-state index < -0.39 is 10.1 Å². The Labute approximate surface area is 121 Å². The van der Waals surface area contributed by atoms with E-state index in [9.17, 15) is 8.42 Å². The van der Waals surface area contributed by atoms with E-state index in [-0.39, 0.29) is 4.90 Å². The van der Waals surface area contributed by atoms with Crippen molar-refractivity contribution in [3.8, 4) is 0 Å². The third-order valence-corrected chi connectivity index (χ3v) is 4.11. The highest BCUT2D eigenvalue weighted by molar-refractivity contribution is 7.85. The zero-order valence-corrected chi connectivity index (χ0v) is 13.1. The molecule has 0 amide bonds. The van der Waals surface area contributed by atoms with Gasteiger partial charge in [0.25, 0.3) is 10.1 Å². The molecule has 0 spiro atoms. The number of hydrogen-bond donors (Lipinski definition) is 1. The predicted molar refractivity (Wildman–Crippen MR) is 79.7 cm³/mol. The van der Waals surface area contributed by atoms with Gasteiger partial charge in [0.2, 0.25) is 0 Å². The zero-order valence-electron chi connectivity index (χ0n) is 12.3. The maximum atomic E-state index is 10.5. The summed E-state index contributed by atoms with van der Waals surface area (Å²) < 4.78 is 29.6. The van der Waals surface area contributed by atoms with Crippen molar-refractivity contribution in [2.75, 3.05) is 13.6 Å². The van der Waals surface area contributed by atoms with E-state index in [1.54, 1.807) is 12.1 Å². The molecule has 1 atom stereocenters. The highest BCUT2D eigenvalue weighted by atomic mass is 32.2. The maximum Gasteiger partial charge on any atom is 0.294 e. The van der Waals surface area contributed by atoms with Gasteiger partial charge in [-0.1, -0.05) is 17.7 Å². The number of aryl methyl sites for hydroxylation is 1. The highest BCUT2D eigenvalue weighted by Gasteiger charge is 2.15. The first-order chi connectivity index (χ1) is 9.25. The van der Waals surface area contributed by atoms with Crippen LogP contribution in [0.15, 0.2) is 41.6 Å². The first kappa shape index (κ1) is 16.5. The lowest BCUT2D eigenvalue weighted by Gasteiger charge is -2.25. The number of benzene rings is 1. The summed E-state index contributed by atoms with van der Waals surface area (Å²) >= 11 is 0. The molecule has 0 saturated carbocycles. The average Bonchev–Trinajstić information content (AvgIpc) is 2.70. The summed E-state index contributed by atoms with van der Waals surface area (Å²) in [7, 11) is -1.93. The van der Waals surface area contributed by atoms with E-state index in [0.717, 1.165) is 12.1 Å². The van der Waals surface area contributed by atoms with E-state index in [1.807, 2.05) is 6.92 Å². The Bertz CT molecular complexity index is 552. The quantitative estimate of drug-likeness (QED) is 0.849. The van der Waals surface area contributed by atoms with Gasteiger partial charge in [0.15, 0.2) is 0 Å². The minimum absolute atomic E-state index is 0.0666. The Hall–Kier alpha value is -1.53. The van der Waals surface area contributed by atoms with E-state index in [1.165, 1.54) is 12.1 Å². The Morgan fingerprint density at radius 3 is 2.05 bits per heavy atom. The van der Waals surface area contributed by atoms with Gasteiger partial charge < -0.3 is 9.80 Å². The van der Waals surface area contributed by atoms with Crippen LogP contribution in [0, 0.1) is 6.92 Å². The van der Waals surface area contributed by atoms with Crippen molar-refractivity contribution in [1.29, 1.82) is 0 Å². The van der Waals surface area contributed by atoms with Crippen molar-refractivity contribution in [3.05, 3.63) is 42.2 Å². The topological polar surface area (TPSA) is 60.9 Å². The van der Waals surface area contributed by atoms with Gasteiger partial charge in [0.05, 0.1) is 11.1 Å². The van der Waals surface area contributed by atoms with Gasteiger partial charge in [-0.05, 0) is 32.9 Å². The van der Waals surface area contributed by atoms with Crippen LogP contribution >= 0.6 is 0 Å². The van der Waals surface area contributed by atoms with Crippen LogP contribution in [0.1, 0.15) is 19.4 Å². The highest BCUT2D eigenvalue weighted by Crippen LogP contribution is 2.11. The van der Waals surface area contributed by atoms with Gasteiger partial charge in [0, 0.05) is 26.0 Å². The van der Waals surface area contributed by atoms with Gasteiger partial charge in [-0.15, -0.1) is 0 Å². The summed E-state index contributed by atoms with van der Waals surface area (Å²) in [6.45, 7) is 7.30. The summed E-state index contributed by atoms with van der Waals surface area (Å²) in [5.74, 6) is 0. The van der Waals surface area contributed by atoms with E-state index >= 15 is 0 Å². The molecule has 112 valence electrons. The lowest BCUT2D eigenvalue weighted by atomic mass is 10.2. The number of nitrogens with zero attached hydrogens (tertiary/aromatic N) is 2. The summed E-state index contributed by atoms with van der Waals surface area (Å²) in [6, 6.07) is 5.99. The van der Waals surface area contributed by atoms with Gasteiger partial charge in [-0.3, -0.25) is 4.55 Å². The Morgan fingerprint density at radius 2 is 1.75 bits per heavy atom. The first-order valence-electron chi connectivity index (χ1n) is 6.46. The largest absolute Gasteiger partial charge is 0.359 e. The normalized spacial score (nSPS) is 17.9. The Morgan fingerprint density at radius 1 is 1.20 bits per heavy atom. The van der Waals surface area contributed by atoms with Gasteiger partial charge >= 0.3 is 0 Å². The maximum absolute atomic E-state index is 10.5. The molecule has 0 aromatic heterocycles. The fraction of sp³-hybridized carbons (Fsp3) is 0.429. The molecule has 1 aliphatic heterocycles. The third kappa shape index (κ3) is 4.54. The zero-order chi connectivity index (χ0) is 15.3. The Balaban J connectivity index is 0.000000204. The van der Waals surface area contributed by atoms with Crippen LogP contribution in [0.3, 0.4) is 0 Å². The lowest BCUT2D eigenvalue weighted by Crippen LogP contribution is -2.33. The van der Waals surface area contributed by atoms with Gasteiger partial charge in [-0.25, -0.2) is 0 Å². The van der Waals surface area contributed by atoms with Crippen molar-refractivity contribution in [1.82, 2.24) is 9.80 Å². The first-order valence-corrected chi connectivity index (χ1v) is 7.90. The molecule has 0 fully saturated rings. The van der Waals surface area contributed by atoms with Crippen molar-refractivity contribution in [2.24, 2.45) is 0 Å². The molecule has 1 aromatic rings. The monoisotopic (exact) mass is 298 g/mol. The molecular formula is C14H22N2O3S. The second kappa shape index (κ2) is 6.76. The molecule has 20 heavy (non-hydrogen) atoms. The second-order valence-electron chi connectivity index (χ2n) is 4.71. The van der Waals surface area contributed by atoms with Crippen molar-refractivity contribution in [3.63, 3.8) is 0 Å². The minimum atomic E-state index is -4.02. The predicted octanol–water partition coefficient (Wildman–Crippen LogP) is 2.31. The van der Waals surface area contributed by atoms with Crippen LogP contribution in [0.25, 0.3) is 0 Å². The molecule has 1 aromatic carbocycles. The Kier molecular flexibility index (Phi) is 5.59. The molecule has 1 unspecified atom stereocenters. The molecule has 0 radical (unpaired) electrons. The van der Waals surface area contributed by atoms with Crippen molar-refractivity contribution < 1.29 is 13.0 Å². The van der Waals surface area contributed by atoms with E-state index in [2.05, 4.69) is 43.1 Å². The van der Waals surface area contributed by atoms with Gasteiger partial charge in [-0.2, -0.15) is 8.42 Å². The molecule has 0 aliphatic carbocycles. The fourth-order valence-corrected chi connectivity index (χ4v) is 2.23. The minimum Gasteiger partial charge on any atom is -0.359 e. The second-order valence-corrected chi connectivity index (χ2v) is 6.14. The van der Waals surface area contributed by atoms with E-state index in [4.69, 9.17) is 4.55 Å². The third-order valence-electron chi connectivity index (χ3n) is 3.25. The molecular weight excluding hydrogens is 276 g/mol. The summed E-state index contributed by atoms with van der Waals surface area (Å²) in [4.78, 5) is 4.42. The van der Waals surface area contributed by atoms with Gasteiger partial charge in [0.1, 0.15) is 0 Å². The van der Waals surface area contributed by atoms with Crippen LogP contribution in [0.5, 0.6) is 0 Å². The van der Waals surface area contributed by atoms with Crippen LogP contribution in [-0.4, -0.2) is 42.5 Å². The molecule has 2 rings (SSSR count). The number of rotatable bonds is 2. The average molecular weight is 298 g/mol. The van der Waals surface area contributed by atoms with Crippen LogP contribution < -0.4 is 0 Å². The molecule has 1 N–H and O–H groups in total. The summed E-state index contributed by atoms with van der Waals surface area (Å²) in [6.07, 6.45) is 4.79. The summed E-state index contributed by atoms with van der Waals surface area (Å²) in [5, 5.41) is 0. The van der Waals surface area contributed by atoms with Crippen LogP contribution in [0.4, 0.5) is 0 Å². The molecule has 0 bridgehead atoms. The van der Waals surface area contributed by atoms with Crippen LogP contribution in [-0.2, 0) is 10.1 Å². The van der Waals surface area contributed by atoms with Crippen LogP contribution in [0.2, 0.25) is 0 Å². The standard InChI is InChI=1S/C7H14N2.C7H8O3S/c1-4-9-6-5-8(3)7(9)2;1-6-2-4-7(5-3-6)11(8,9)10/h5-7H,4H2,1-3H3;2-5H,1H3,(H,8,9,10). The van der Waals surface area contributed by atoms with E-state index in [0.29, 0.717) is 6.17 Å². The number of hydrogen-bond acceptors (Lipinski definition) is 4. The fourth-order valence-electron chi connectivity index (χ4n) is 1.75. The van der Waals surface area contributed by atoms with Crippen molar-refractivity contribution in [2.45, 2.75) is 31.8 Å². The molecule has 0 saturated heterocycles. The molecule has 6 heteroatoms. The smallest absolute Gasteiger partial charge is 0.294 e.